The predicted molar refractivity (Wildman–Crippen MR) is 64.9 cm³/mol. The van der Waals surface area contributed by atoms with Gasteiger partial charge in [-0.1, -0.05) is 5.21 Å². The fourth-order valence-corrected chi connectivity index (χ4v) is 3.55. The molecule has 0 radical (unpaired) electrons. The van der Waals surface area contributed by atoms with Gasteiger partial charge >= 0.3 is 0 Å². The lowest BCUT2D eigenvalue weighted by molar-refractivity contribution is 0.556. The van der Waals surface area contributed by atoms with Crippen LogP contribution in [0.1, 0.15) is 12.8 Å². The lowest BCUT2D eigenvalue weighted by atomic mass is 10.6. The Morgan fingerprint density at radius 3 is 2.71 bits per heavy atom. The van der Waals surface area contributed by atoms with Crippen LogP contribution in [-0.2, 0) is 17.1 Å². The number of nitrogens with one attached hydrogen (secondary N) is 2. The highest BCUT2D eigenvalue weighted by Crippen LogP contribution is 2.18. The van der Waals surface area contributed by atoms with Gasteiger partial charge in [-0.25, -0.2) is 17.8 Å². The summed E-state index contributed by atoms with van der Waals surface area (Å²) < 4.78 is 27.8. The van der Waals surface area contributed by atoms with Crippen molar-refractivity contribution in [3.63, 3.8) is 0 Å². The number of nitrogens with zero attached hydrogens (tertiary/aromatic N) is 3. The average molecular weight is 324 g/mol. The smallest absolute Gasteiger partial charge is 0.260 e. The number of aromatic nitrogens is 3. The van der Waals surface area contributed by atoms with Crippen molar-refractivity contribution < 1.29 is 8.42 Å². The highest BCUT2D eigenvalue weighted by molar-refractivity contribution is 9.10. The Labute approximate surface area is 108 Å². The zero-order valence-electron chi connectivity index (χ0n) is 9.35. The summed E-state index contributed by atoms with van der Waals surface area (Å²) in [7, 11) is -2.02. The largest absolute Gasteiger partial charge is 0.313 e. The van der Waals surface area contributed by atoms with E-state index in [9.17, 15) is 8.42 Å². The molecule has 1 heterocycles. The van der Waals surface area contributed by atoms with Gasteiger partial charge in [-0.15, -0.1) is 5.10 Å². The van der Waals surface area contributed by atoms with Crippen LogP contribution in [0, 0.1) is 0 Å². The first-order valence-corrected chi connectivity index (χ1v) is 7.56. The molecular weight excluding hydrogens is 310 g/mol. The molecule has 0 aromatic carbocycles. The molecule has 1 fully saturated rings. The molecule has 96 valence electrons. The highest BCUT2D eigenvalue weighted by Gasteiger charge is 2.24. The van der Waals surface area contributed by atoms with Gasteiger partial charge < -0.3 is 5.32 Å². The van der Waals surface area contributed by atoms with E-state index in [1.165, 1.54) is 24.6 Å². The average Bonchev–Trinajstić information content (AvgIpc) is 3.00. The van der Waals surface area contributed by atoms with Crippen molar-refractivity contribution in [2.75, 3.05) is 13.1 Å². The van der Waals surface area contributed by atoms with Crippen LogP contribution >= 0.6 is 15.9 Å². The van der Waals surface area contributed by atoms with Gasteiger partial charge in [0.1, 0.15) is 0 Å². The molecule has 7 nitrogen and oxygen atoms in total. The second kappa shape index (κ2) is 5.01. The summed E-state index contributed by atoms with van der Waals surface area (Å²) in [5.74, 6) is 0. The van der Waals surface area contributed by atoms with Gasteiger partial charge in [0.2, 0.25) is 5.03 Å². The van der Waals surface area contributed by atoms with E-state index in [1.54, 1.807) is 0 Å². The molecule has 2 N–H and O–H groups in total. The van der Waals surface area contributed by atoms with Gasteiger partial charge in [0.15, 0.2) is 4.60 Å². The normalized spacial score (nSPS) is 16.4. The van der Waals surface area contributed by atoms with Gasteiger partial charge in [-0.05, 0) is 28.8 Å². The Hall–Kier alpha value is -0.510. The summed E-state index contributed by atoms with van der Waals surface area (Å²) >= 11 is 3.07. The Kier molecular flexibility index (Phi) is 3.81. The van der Waals surface area contributed by atoms with Crippen molar-refractivity contribution in [2.24, 2.45) is 7.05 Å². The summed E-state index contributed by atoms with van der Waals surface area (Å²) in [5.41, 5.74) is 0. The Morgan fingerprint density at radius 1 is 1.47 bits per heavy atom. The van der Waals surface area contributed by atoms with E-state index in [-0.39, 0.29) is 9.63 Å². The standard InChI is InChI=1S/C8H14BrN5O2S/c1-14-8(7(9)12-13-14)17(15,16)11-5-4-10-6-2-3-6/h6,10-11H,2-5H2,1H3. The Bertz CT molecular complexity index is 477. The second-order valence-electron chi connectivity index (χ2n) is 3.94. The van der Waals surface area contributed by atoms with Gasteiger partial charge in [-0.3, -0.25) is 0 Å². The molecule has 1 aliphatic rings. The minimum absolute atomic E-state index is 0.0453. The first-order chi connectivity index (χ1) is 8.00. The maximum atomic E-state index is 11.9. The third-order valence-corrected chi connectivity index (χ3v) is 4.77. The fraction of sp³-hybridized carbons (Fsp3) is 0.750. The molecule has 0 amide bonds. The van der Waals surface area contributed by atoms with Crippen molar-refractivity contribution in [3.05, 3.63) is 4.60 Å². The summed E-state index contributed by atoms with van der Waals surface area (Å²) in [5, 5.41) is 10.5. The minimum atomic E-state index is -3.55. The van der Waals surface area contributed by atoms with E-state index in [4.69, 9.17) is 0 Å². The molecule has 2 rings (SSSR count). The first kappa shape index (κ1) is 12.9. The molecule has 1 saturated carbocycles. The number of rotatable bonds is 6. The van der Waals surface area contributed by atoms with E-state index in [1.807, 2.05) is 0 Å². The molecule has 1 aromatic heterocycles. The van der Waals surface area contributed by atoms with Crippen LogP contribution in [0.4, 0.5) is 0 Å². The van der Waals surface area contributed by atoms with E-state index >= 15 is 0 Å². The van der Waals surface area contributed by atoms with Crippen LogP contribution in [0.3, 0.4) is 0 Å². The van der Waals surface area contributed by atoms with Crippen LogP contribution in [0.5, 0.6) is 0 Å². The SMILES string of the molecule is Cn1nnc(Br)c1S(=O)(=O)NCCNC1CC1. The Balaban J connectivity index is 1.93. The zero-order chi connectivity index (χ0) is 12.5. The maximum absolute atomic E-state index is 11.9. The number of halogens is 1. The van der Waals surface area contributed by atoms with Crippen molar-refractivity contribution in [1.82, 2.24) is 25.0 Å². The third-order valence-electron chi connectivity index (χ3n) is 2.42. The second-order valence-corrected chi connectivity index (χ2v) is 6.37. The zero-order valence-corrected chi connectivity index (χ0v) is 11.8. The quantitative estimate of drug-likeness (QED) is 0.696. The maximum Gasteiger partial charge on any atom is 0.260 e. The van der Waals surface area contributed by atoms with Crippen LogP contribution in [0.2, 0.25) is 0 Å². The molecule has 9 heteroatoms. The molecule has 0 atom stereocenters. The molecule has 0 aliphatic heterocycles. The summed E-state index contributed by atoms with van der Waals surface area (Å²) in [6.07, 6.45) is 2.37. The van der Waals surface area contributed by atoms with Gasteiger partial charge in [0.25, 0.3) is 10.0 Å². The van der Waals surface area contributed by atoms with Crippen LogP contribution in [0.15, 0.2) is 9.63 Å². The molecule has 0 spiro atoms. The lowest BCUT2D eigenvalue weighted by Gasteiger charge is -2.07. The molecule has 1 aromatic rings. The fourth-order valence-electron chi connectivity index (χ4n) is 1.43. The van der Waals surface area contributed by atoms with Crippen molar-refractivity contribution in [2.45, 2.75) is 23.9 Å². The minimum Gasteiger partial charge on any atom is -0.313 e. The first-order valence-electron chi connectivity index (χ1n) is 5.29. The molecule has 0 saturated heterocycles. The van der Waals surface area contributed by atoms with Crippen LogP contribution < -0.4 is 10.0 Å². The highest BCUT2D eigenvalue weighted by atomic mass is 79.9. The van der Waals surface area contributed by atoms with Crippen LogP contribution in [0.25, 0.3) is 0 Å². The number of sulfonamides is 1. The number of hydrogen-bond donors (Lipinski definition) is 2. The Morgan fingerprint density at radius 2 is 2.18 bits per heavy atom. The van der Waals surface area contributed by atoms with Crippen molar-refractivity contribution in [1.29, 1.82) is 0 Å². The summed E-state index contributed by atoms with van der Waals surface area (Å²) in [6.45, 7) is 0.989. The van der Waals surface area contributed by atoms with E-state index in [0.717, 1.165) is 0 Å². The molecular formula is C8H14BrN5O2S. The third kappa shape index (κ3) is 3.24. The molecule has 0 unspecified atom stereocenters. The summed E-state index contributed by atoms with van der Waals surface area (Å²) in [6, 6.07) is 0.574. The van der Waals surface area contributed by atoms with Gasteiger partial charge in [0.05, 0.1) is 0 Å². The summed E-state index contributed by atoms with van der Waals surface area (Å²) in [4.78, 5) is 0. The van der Waals surface area contributed by atoms with E-state index in [0.29, 0.717) is 19.1 Å². The predicted octanol–water partition coefficient (Wildman–Crippen LogP) is -0.392. The molecule has 1 aliphatic carbocycles. The van der Waals surface area contributed by atoms with Crippen molar-refractivity contribution in [3.8, 4) is 0 Å². The van der Waals surface area contributed by atoms with Crippen molar-refractivity contribution >= 4 is 26.0 Å². The van der Waals surface area contributed by atoms with Crippen LogP contribution in [-0.4, -0.2) is 42.5 Å². The number of hydrogen-bond acceptors (Lipinski definition) is 5. The van der Waals surface area contributed by atoms with Gasteiger partial charge in [-0.2, -0.15) is 0 Å². The van der Waals surface area contributed by atoms with E-state index in [2.05, 4.69) is 36.3 Å². The number of aryl methyl sites for hydroxylation is 1. The lowest BCUT2D eigenvalue weighted by Crippen LogP contribution is -2.33. The molecule has 0 bridgehead atoms. The monoisotopic (exact) mass is 323 g/mol. The van der Waals surface area contributed by atoms with E-state index < -0.39 is 10.0 Å². The van der Waals surface area contributed by atoms with Gasteiger partial charge in [0, 0.05) is 26.2 Å². The topological polar surface area (TPSA) is 88.9 Å². The molecule has 17 heavy (non-hydrogen) atoms.